The summed E-state index contributed by atoms with van der Waals surface area (Å²) in [6.07, 6.45) is 0. The summed E-state index contributed by atoms with van der Waals surface area (Å²) in [6, 6.07) is 12.2. The molecule has 5 heteroatoms. The van der Waals surface area contributed by atoms with Gasteiger partial charge < -0.3 is 10.3 Å². The maximum atomic E-state index is 14.0. The number of aryl methyl sites for hydroxylation is 1. The van der Waals surface area contributed by atoms with E-state index in [0.717, 1.165) is 15.6 Å². The van der Waals surface area contributed by atoms with Crippen molar-refractivity contribution in [2.75, 3.05) is 5.73 Å². The van der Waals surface area contributed by atoms with E-state index in [1.807, 2.05) is 25.1 Å². The molecule has 3 aromatic rings. The van der Waals surface area contributed by atoms with Crippen LogP contribution in [0, 0.1) is 12.7 Å². The normalized spacial score (nSPS) is 10.8. The Morgan fingerprint density at radius 3 is 2.67 bits per heavy atom. The van der Waals surface area contributed by atoms with Gasteiger partial charge in [0.05, 0.1) is 5.56 Å². The van der Waals surface area contributed by atoms with Gasteiger partial charge in [-0.05, 0) is 24.6 Å². The van der Waals surface area contributed by atoms with Crippen LogP contribution in [0.2, 0.25) is 0 Å². The smallest absolute Gasteiger partial charge is 0.177 e. The quantitative estimate of drug-likeness (QED) is 0.724. The average molecular weight is 347 g/mol. The molecule has 3 nitrogen and oxygen atoms in total. The molecule has 0 aliphatic rings. The van der Waals surface area contributed by atoms with Gasteiger partial charge in [0.15, 0.2) is 11.6 Å². The summed E-state index contributed by atoms with van der Waals surface area (Å²) in [5.41, 5.74) is 8.60. The molecule has 0 saturated carbocycles. The van der Waals surface area contributed by atoms with Crippen molar-refractivity contribution in [3.63, 3.8) is 0 Å². The fraction of sp³-hybridized carbons (Fsp3) is 0.0625. The van der Waals surface area contributed by atoms with Gasteiger partial charge in [-0.3, -0.25) is 0 Å². The monoisotopic (exact) mass is 346 g/mol. The zero-order valence-electron chi connectivity index (χ0n) is 11.2. The zero-order valence-corrected chi connectivity index (χ0v) is 12.8. The Morgan fingerprint density at radius 2 is 1.95 bits per heavy atom. The van der Waals surface area contributed by atoms with Gasteiger partial charge in [-0.25, -0.2) is 4.39 Å². The van der Waals surface area contributed by atoms with Crippen LogP contribution in [0.15, 0.2) is 51.5 Å². The molecule has 106 valence electrons. The van der Waals surface area contributed by atoms with Crippen LogP contribution in [-0.2, 0) is 0 Å². The van der Waals surface area contributed by atoms with Crippen LogP contribution < -0.4 is 5.73 Å². The van der Waals surface area contributed by atoms with E-state index in [2.05, 4.69) is 21.1 Å². The number of nitrogen functional groups attached to an aromatic ring is 1. The van der Waals surface area contributed by atoms with Crippen LogP contribution in [0.1, 0.15) is 5.56 Å². The summed E-state index contributed by atoms with van der Waals surface area (Å²) in [5.74, 6) is 0.268. The molecule has 0 saturated heterocycles. The molecule has 0 unspecified atom stereocenters. The van der Waals surface area contributed by atoms with Crippen LogP contribution in [0.5, 0.6) is 0 Å². The summed E-state index contributed by atoms with van der Waals surface area (Å²) in [5, 5.41) is 3.78. The lowest BCUT2D eigenvalue weighted by Gasteiger charge is -2.05. The van der Waals surface area contributed by atoms with Crippen LogP contribution in [-0.4, -0.2) is 5.16 Å². The number of nitrogens with zero attached hydrogens (tertiary/aromatic N) is 1. The summed E-state index contributed by atoms with van der Waals surface area (Å²) < 4.78 is 20.3. The number of halogens is 2. The Hall–Kier alpha value is -2.14. The van der Waals surface area contributed by atoms with Crippen molar-refractivity contribution in [1.29, 1.82) is 0 Å². The van der Waals surface area contributed by atoms with Crippen molar-refractivity contribution in [2.45, 2.75) is 6.92 Å². The minimum atomic E-state index is -0.361. The molecule has 3 rings (SSSR count). The second-order valence-corrected chi connectivity index (χ2v) is 5.57. The van der Waals surface area contributed by atoms with Gasteiger partial charge in [-0.15, -0.1) is 0 Å². The Labute approximate surface area is 129 Å². The molecule has 1 aromatic heterocycles. The fourth-order valence-corrected chi connectivity index (χ4v) is 2.54. The van der Waals surface area contributed by atoms with E-state index >= 15 is 0 Å². The van der Waals surface area contributed by atoms with Crippen LogP contribution in [0.25, 0.3) is 22.5 Å². The van der Waals surface area contributed by atoms with Crippen molar-refractivity contribution in [1.82, 2.24) is 5.16 Å². The lowest BCUT2D eigenvalue weighted by Crippen LogP contribution is -1.91. The highest BCUT2D eigenvalue weighted by Gasteiger charge is 2.20. The maximum absolute atomic E-state index is 14.0. The summed E-state index contributed by atoms with van der Waals surface area (Å²) >= 11 is 3.48. The van der Waals surface area contributed by atoms with E-state index in [4.69, 9.17) is 10.3 Å². The van der Waals surface area contributed by atoms with Crippen LogP contribution >= 0.6 is 15.9 Å². The molecule has 2 aromatic carbocycles. The average Bonchev–Trinajstić information content (AvgIpc) is 2.84. The predicted molar refractivity (Wildman–Crippen MR) is 84.2 cm³/mol. The number of aromatic nitrogens is 1. The first-order valence-corrected chi connectivity index (χ1v) is 7.14. The Kier molecular flexibility index (Phi) is 3.51. The molecule has 0 spiro atoms. The number of nitrogens with two attached hydrogens (primary N) is 1. The van der Waals surface area contributed by atoms with E-state index in [0.29, 0.717) is 16.9 Å². The lowest BCUT2D eigenvalue weighted by atomic mass is 10.0. The number of anilines is 1. The third kappa shape index (κ3) is 2.45. The number of hydrogen-bond donors (Lipinski definition) is 1. The van der Waals surface area contributed by atoms with E-state index in [1.165, 1.54) is 6.07 Å². The van der Waals surface area contributed by atoms with Gasteiger partial charge in [0.2, 0.25) is 0 Å². The first-order valence-electron chi connectivity index (χ1n) is 6.34. The highest BCUT2D eigenvalue weighted by molar-refractivity contribution is 9.10. The van der Waals surface area contributed by atoms with E-state index < -0.39 is 0 Å². The summed E-state index contributed by atoms with van der Waals surface area (Å²) in [4.78, 5) is 0. The van der Waals surface area contributed by atoms with Gasteiger partial charge in [0.1, 0.15) is 5.82 Å². The molecule has 0 fully saturated rings. The second-order valence-electron chi connectivity index (χ2n) is 4.72. The third-order valence-electron chi connectivity index (χ3n) is 3.30. The molecule has 0 amide bonds. The summed E-state index contributed by atoms with van der Waals surface area (Å²) in [6.45, 7) is 1.99. The predicted octanol–water partition coefficient (Wildman–Crippen LogP) is 4.80. The van der Waals surface area contributed by atoms with Crippen molar-refractivity contribution in [2.24, 2.45) is 0 Å². The lowest BCUT2D eigenvalue weighted by molar-refractivity contribution is 0.436. The molecule has 21 heavy (non-hydrogen) atoms. The molecular weight excluding hydrogens is 335 g/mol. The van der Waals surface area contributed by atoms with E-state index in [-0.39, 0.29) is 11.6 Å². The van der Waals surface area contributed by atoms with Crippen molar-refractivity contribution >= 4 is 21.7 Å². The van der Waals surface area contributed by atoms with E-state index in [1.54, 1.807) is 18.2 Å². The van der Waals surface area contributed by atoms with E-state index in [9.17, 15) is 4.39 Å². The molecule has 0 aliphatic heterocycles. The van der Waals surface area contributed by atoms with Crippen molar-refractivity contribution < 1.29 is 8.91 Å². The molecule has 0 aliphatic carbocycles. The molecule has 1 heterocycles. The molecule has 0 radical (unpaired) electrons. The summed E-state index contributed by atoms with van der Waals surface area (Å²) in [7, 11) is 0. The standard InChI is InChI=1S/C16H12BrFN2O/c1-9-6-7-10(8-12(9)17)15-14(16(19)20-21-15)11-4-2-3-5-13(11)18/h2-8H,1H3,(H2,19,20). The minimum Gasteiger partial charge on any atom is -0.380 e. The first-order chi connectivity index (χ1) is 10.1. The Bertz CT molecular complexity index is 814. The van der Waals surface area contributed by atoms with Crippen LogP contribution in [0.3, 0.4) is 0 Å². The number of rotatable bonds is 2. The van der Waals surface area contributed by atoms with Crippen molar-refractivity contribution in [3.05, 3.63) is 58.3 Å². The zero-order chi connectivity index (χ0) is 15.0. The highest BCUT2D eigenvalue weighted by Crippen LogP contribution is 2.38. The van der Waals surface area contributed by atoms with Gasteiger partial charge in [0, 0.05) is 15.6 Å². The largest absolute Gasteiger partial charge is 0.380 e. The molecular formula is C16H12BrFN2O. The van der Waals surface area contributed by atoms with Crippen molar-refractivity contribution in [3.8, 4) is 22.5 Å². The van der Waals surface area contributed by atoms with Crippen LogP contribution in [0.4, 0.5) is 10.2 Å². The minimum absolute atomic E-state index is 0.173. The van der Waals surface area contributed by atoms with Gasteiger partial charge in [-0.1, -0.05) is 51.4 Å². The highest BCUT2D eigenvalue weighted by atomic mass is 79.9. The molecule has 0 atom stereocenters. The SMILES string of the molecule is Cc1ccc(-c2onc(N)c2-c2ccccc2F)cc1Br. The van der Waals surface area contributed by atoms with Gasteiger partial charge >= 0.3 is 0 Å². The third-order valence-corrected chi connectivity index (χ3v) is 4.15. The molecule has 0 bridgehead atoms. The number of hydrogen-bond acceptors (Lipinski definition) is 3. The van der Waals surface area contributed by atoms with Gasteiger partial charge in [-0.2, -0.15) is 0 Å². The van der Waals surface area contributed by atoms with Gasteiger partial charge in [0.25, 0.3) is 0 Å². The number of benzene rings is 2. The maximum Gasteiger partial charge on any atom is 0.177 e. The second kappa shape index (κ2) is 5.33. The fourth-order valence-electron chi connectivity index (χ4n) is 2.16. The Morgan fingerprint density at radius 1 is 1.19 bits per heavy atom. The molecule has 2 N–H and O–H groups in total. The first kappa shape index (κ1) is 13.8. The Balaban J connectivity index is 2.22. The topological polar surface area (TPSA) is 52.0 Å².